The van der Waals surface area contributed by atoms with Gasteiger partial charge in [0.1, 0.15) is 12.2 Å². The summed E-state index contributed by atoms with van der Waals surface area (Å²) in [5.41, 5.74) is 1.61. The Labute approximate surface area is 116 Å². The highest BCUT2D eigenvalue weighted by molar-refractivity contribution is 5.89. The minimum Gasteiger partial charge on any atom is -0.333 e. The zero-order valence-electron chi connectivity index (χ0n) is 11.2. The third-order valence-electron chi connectivity index (χ3n) is 3.30. The van der Waals surface area contributed by atoms with Gasteiger partial charge in [0.25, 0.3) is 0 Å². The van der Waals surface area contributed by atoms with Crippen LogP contribution < -0.4 is 10.6 Å². The van der Waals surface area contributed by atoms with Gasteiger partial charge in [-0.1, -0.05) is 0 Å². The summed E-state index contributed by atoms with van der Waals surface area (Å²) in [6.45, 7) is 2.55. The lowest BCUT2D eigenvalue weighted by Gasteiger charge is -2.23. The van der Waals surface area contributed by atoms with Gasteiger partial charge in [0.05, 0.1) is 12.6 Å². The molecular weight excluding hydrogens is 256 g/mol. The zero-order valence-corrected chi connectivity index (χ0v) is 11.2. The number of rotatable bonds is 2. The summed E-state index contributed by atoms with van der Waals surface area (Å²) in [4.78, 5) is 20.2. The van der Waals surface area contributed by atoms with Crippen molar-refractivity contribution in [3.63, 3.8) is 0 Å². The van der Waals surface area contributed by atoms with Gasteiger partial charge in [-0.25, -0.2) is 14.5 Å². The molecule has 0 aromatic carbocycles. The summed E-state index contributed by atoms with van der Waals surface area (Å²) < 4.78 is 1.84. The molecule has 20 heavy (non-hydrogen) atoms. The minimum atomic E-state index is -0.204. The fourth-order valence-corrected chi connectivity index (χ4v) is 2.33. The Hall–Kier alpha value is -2.44. The van der Waals surface area contributed by atoms with Gasteiger partial charge in [-0.2, -0.15) is 5.10 Å². The number of nitrogens with one attached hydrogen (secondary N) is 2. The predicted molar refractivity (Wildman–Crippen MR) is 73.3 cm³/mol. The lowest BCUT2D eigenvalue weighted by Crippen LogP contribution is -2.43. The molecule has 0 bridgehead atoms. The van der Waals surface area contributed by atoms with Crippen LogP contribution >= 0.6 is 0 Å². The van der Waals surface area contributed by atoms with Gasteiger partial charge < -0.3 is 10.6 Å². The number of anilines is 1. The van der Waals surface area contributed by atoms with Crippen molar-refractivity contribution >= 4 is 11.7 Å². The third kappa shape index (κ3) is 2.76. The average Bonchev–Trinajstić information content (AvgIpc) is 2.86. The quantitative estimate of drug-likeness (QED) is 0.858. The van der Waals surface area contributed by atoms with E-state index in [1.54, 1.807) is 18.6 Å². The van der Waals surface area contributed by atoms with Gasteiger partial charge in [0.15, 0.2) is 0 Å². The van der Waals surface area contributed by atoms with E-state index >= 15 is 0 Å². The first-order valence-electron chi connectivity index (χ1n) is 6.57. The van der Waals surface area contributed by atoms with Crippen molar-refractivity contribution in [3.05, 3.63) is 36.2 Å². The van der Waals surface area contributed by atoms with Gasteiger partial charge in [-0.15, -0.1) is 0 Å². The van der Waals surface area contributed by atoms with Crippen molar-refractivity contribution in [2.24, 2.45) is 0 Å². The number of urea groups is 1. The normalized spacial score (nSPS) is 17.4. The molecule has 2 amide bonds. The second-order valence-electron chi connectivity index (χ2n) is 4.88. The van der Waals surface area contributed by atoms with Crippen LogP contribution in [-0.2, 0) is 13.0 Å². The van der Waals surface area contributed by atoms with E-state index in [-0.39, 0.29) is 12.1 Å². The van der Waals surface area contributed by atoms with Gasteiger partial charge in [-0.05, 0) is 25.5 Å². The Morgan fingerprint density at radius 3 is 3.20 bits per heavy atom. The van der Waals surface area contributed by atoms with E-state index < -0.39 is 0 Å². The molecule has 3 rings (SSSR count). The van der Waals surface area contributed by atoms with Crippen molar-refractivity contribution in [2.75, 3.05) is 5.32 Å². The molecule has 3 heterocycles. The van der Waals surface area contributed by atoms with Gasteiger partial charge in [0.2, 0.25) is 0 Å². The van der Waals surface area contributed by atoms with Gasteiger partial charge in [-0.3, -0.25) is 4.98 Å². The van der Waals surface area contributed by atoms with Crippen LogP contribution in [0.4, 0.5) is 10.5 Å². The van der Waals surface area contributed by atoms with Crippen LogP contribution in [0.2, 0.25) is 0 Å². The van der Waals surface area contributed by atoms with Crippen LogP contribution in [0.15, 0.2) is 24.7 Å². The monoisotopic (exact) mass is 272 g/mol. The summed E-state index contributed by atoms with van der Waals surface area (Å²) in [7, 11) is 0. The molecule has 0 radical (unpaired) electrons. The Morgan fingerprint density at radius 2 is 2.35 bits per heavy atom. The Balaban J connectivity index is 1.57. The van der Waals surface area contributed by atoms with E-state index in [1.165, 1.54) is 0 Å². The molecular formula is C13H16N6O. The first-order valence-corrected chi connectivity index (χ1v) is 6.57. The summed E-state index contributed by atoms with van der Waals surface area (Å²) in [6, 6.07) is 3.47. The first kappa shape index (κ1) is 12.6. The molecule has 0 unspecified atom stereocenters. The number of carbonyl (C=O) groups excluding carboxylic acids is 1. The van der Waals surface area contributed by atoms with Crippen LogP contribution in [0.25, 0.3) is 0 Å². The number of amides is 2. The lowest BCUT2D eigenvalue weighted by atomic mass is 10.1. The molecule has 2 N–H and O–H groups in total. The standard InChI is InChI=1S/C13H16N6O/c1-9-6-10(4-5-14-9)17-13(20)18-11-2-3-12-15-8-16-19(12)7-11/h4-6,8,11H,2-3,7H2,1H3,(H2,14,17,18,20)/t11-/m0/s1. The molecule has 2 aromatic rings. The highest BCUT2D eigenvalue weighted by atomic mass is 16.2. The van der Waals surface area contributed by atoms with Crippen LogP contribution in [0.1, 0.15) is 17.9 Å². The van der Waals surface area contributed by atoms with Gasteiger partial charge in [0, 0.05) is 24.0 Å². The molecule has 7 nitrogen and oxygen atoms in total. The highest BCUT2D eigenvalue weighted by Crippen LogP contribution is 2.12. The van der Waals surface area contributed by atoms with Crippen molar-refractivity contribution < 1.29 is 4.79 Å². The number of aromatic nitrogens is 4. The zero-order chi connectivity index (χ0) is 13.9. The van der Waals surface area contributed by atoms with E-state index in [1.807, 2.05) is 17.7 Å². The van der Waals surface area contributed by atoms with E-state index in [9.17, 15) is 4.79 Å². The topological polar surface area (TPSA) is 84.7 Å². The van der Waals surface area contributed by atoms with Gasteiger partial charge >= 0.3 is 6.03 Å². The highest BCUT2D eigenvalue weighted by Gasteiger charge is 2.21. The molecule has 7 heteroatoms. The van der Waals surface area contributed by atoms with Crippen molar-refractivity contribution in [1.29, 1.82) is 0 Å². The fourth-order valence-electron chi connectivity index (χ4n) is 2.33. The van der Waals surface area contributed by atoms with E-state index in [4.69, 9.17) is 0 Å². The van der Waals surface area contributed by atoms with Crippen LogP contribution in [0, 0.1) is 6.92 Å². The van der Waals surface area contributed by atoms with Crippen LogP contribution in [-0.4, -0.2) is 31.8 Å². The first-order chi connectivity index (χ1) is 9.70. The fraction of sp³-hybridized carbons (Fsp3) is 0.385. The second kappa shape index (κ2) is 5.28. The number of carbonyl (C=O) groups is 1. The molecule has 2 aromatic heterocycles. The lowest BCUT2D eigenvalue weighted by molar-refractivity contribution is 0.243. The molecule has 1 aliphatic rings. The Kier molecular flexibility index (Phi) is 3.32. The SMILES string of the molecule is Cc1cc(NC(=O)N[C@H]2CCc3ncnn3C2)ccn1. The molecule has 104 valence electrons. The number of aryl methyl sites for hydroxylation is 2. The molecule has 0 saturated carbocycles. The molecule has 1 aliphatic heterocycles. The van der Waals surface area contributed by atoms with E-state index in [0.29, 0.717) is 6.54 Å². The Morgan fingerprint density at radius 1 is 1.45 bits per heavy atom. The maximum atomic E-state index is 12.0. The summed E-state index contributed by atoms with van der Waals surface area (Å²) in [5.74, 6) is 0.980. The largest absolute Gasteiger partial charge is 0.333 e. The number of nitrogens with zero attached hydrogens (tertiary/aromatic N) is 4. The summed E-state index contributed by atoms with van der Waals surface area (Å²) in [5, 5.41) is 9.91. The van der Waals surface area contributed by atoms with Crippen molar-refractivity contribution in [2.45, 2.75) is 32.4 Å². The number of fused-ring (bicyclic) bond motifs is 1. The predicted octanol–water partition coefficient (Wildman–Crippen LogP) is 1.12. The summed E-state index contributed by atoms with van der Waals surface area (Å²) in [6.07, 6.45) is 4.94. The smallest absolute Gasteiger partial charge is 0.319 e. The minimum absolute atomic E-state index is 0.0761. The average molecular weight is 272 g/mol. The second-order valence-corrected chi connectivity index (χ2v) is 4.88. The van der Waals surface area contributed by atoms with E-state index in [0.717, 1.165) is 30.0 Å². The van der Waals surface area contributed by atoms with Crippen molar-refractivity contribution in [1.82, 2.24) is 25.1 Å². The van der Waals surface area contributed by atoms with Crippen LogP contribution in [0.5, 0.6) is 0 Å². The maximum Gasteiger partial charge on any atom is 0.319 e. The Bertz CT molecular complexity index is 623. The number of pyridine rings is 1. The molecule has 0 saturated heterocycles. The maximum absolute atomic E-state index is 12.0. The van der Waals surface area contributed by atoms with Crippen molar-refractivity contribution in [3.8, 4) is 0 Å². The summed E-state index contributed by atoms with van der Waals surface area (Å²) >= 11 is 0. The molecule has 1 atom stereocenters. The third-order valence-corrected chi connectivity index (χ3v) is 3.30. The molecule has 0 aliphatic carbocycles. The molecule has 0 fully saturated rings. The van der Waals surface area contributed by atoms with E-state index in [2.05, 4.69) is 25.7 Å². The number of hydrogen-bond donors (Lipinski definition) is 2. The molecule has 0 spiro atoms. The van der Waals surface area contributed by atoms with Crippen LogP contribution in [0.3, 0.4) is 0 Å². The number of hydrogen-bond acceptors (Lipinski definition) is 4.